The number of ether oxygens (including phenoxy) is 1. The average molecular weight is 338 g/mol. The lowest BCUT2D eigenvalue weighted by atomic mass is 10.1. The number of amides is 1. The first kappa shape index (κ1) is 17.3. The minimum absolute atomic E-state index is 0.228. The molecule has 1 amide bonds. The van der Waals surface area contributed by atoms with Crippen molar-refractivity contribution in [1.82, 2.24) is 9.47 Å². The van der Waals surface area contributed by atoms with Gasteiger partial charge in [-0.1, -0.05) is 30.3 Å². The fourth-order valence-electron chi connectivity index (χ4n) is 2.96. The van der Waals surface area contributed by atoms with Crippen LogP contribution in [-0.2, 0) is 10.3 Å². The van der Waals surface area contributed by atoms with E-state index in [1.54, 1.807) is 4.90 Å². The zero-order chi connectivity index (χ0) is 18.1. The molecule has 1 fully saturated rings. The van der Waals surface area contributed by atoms with Gasteiger partial charge in [-0.15, -0.1) is 0 Å². The largest absolute Gasteiger partial charge is 0.444 e. The highest BCUT2D eigenvalue weighted by molar-refractivity contribution is 5.70. The van der Waals surface area contributed by atoms with Crippen LogP contribution in [0.15, 0.2) is 48.8 Å². The Morgan fingerprint density at radius 1 is 1.20 bits per heavy atom. The normalized spacial score (nSPS) is 16.0. The lowest BCUT2D eigenvalue weighted by molar-refractivity contribution is 0.0190. The SMILES string of the molecule is CN(C(=O)OC(C)(C)C)C1(c2ccn(C=Cc3ccccc3)c2)CC1. The van der Waals surface area contributed by atoms with E-state index in [-0.39, 0.29) is 11.6 Å². The van der Waals surface area contributed by atoms with E-state index in [1.165, 1.54) is 0 Å². The maximum atomic E-state index is 12.4. The van der Waals surface area contributed by atoms with E-state index < -0.39 is 5.60 Å². The van der Waals surface area contributed by atoms with Crippen molar-refractivity contribution in [3.05, 3.63) is 59.9 Å². The van der Waals surface area contributed by atoms with Crippen molar-refractivity contribution in [3.8, 4) is 0 Å². The molecule has 4 nitrogen and oxygen atoms in total. The maximum absolute atomic E-state index is 12.4. The first-order valence-corrected chi connectivity index (χ1v) is 8.68. The average Bonchev–Trinajstić information content (AvgIpc) is 3.23. The minimum atomic E-state index is -0.480. The van der Waals surface area contributed by atoms with Crippen LogP contribution in [0.2, 0.25) is 0 Å². The van der Waals surface area contributed by atoms with Gasteiger partial charge in [-0.2, -0.15) is 0 Å². The standard InChI is InChI=1S/C21H26N2O2/c1-20(2,3)25-19(24)22(4)21(12-13-21)18-11-15-23(16-18)14-10-17-8-6-5-7-9-17/h5-11,14-16H,12-13H2,1-4H3. The van der Waals surface area contributed by atoms with Gasteiger partial charge < -0.3 is 14.2 Å². The number of aromatic nitrogens is 1. The van der Waals surface area contributed by atoms with Crippen LogP contribution in [-0.4, -0.2) is 28.2 Å². The Morgan fingerprint density at radius 3 is 2.48 bits per heavy atom. The van der Waals surface area contributed by atoms with Crippen LogP contribution >= 0.6 is 0 Å². The van der Waals surface area contributed by atoms with Gasteiger partial charge in [0.1, 0.15) is 5.60 Å². The number of hydrogen-bond donors (Lipinski definition) is 0. The fraction of sp³-hybridized carbons (Fsp3) is 0.381. The minimum Gasteiger partial charge on any atom is -0.444 e. The highest BCUT2D eigenvalue weighted by Crippen LogP contribution is 2.50. The van der Waals surface area contributed by atoms with Crippen molar-refractivity contribution in [2.45, 2.75) is 44.8 Å². The molecule has 1 aliphatic carbocycles. The molecule has 0 atom stereocenters. The molecular weight excluding hydrogens is 312 g/mol. The molecule has 1 aromatic carbocycles. The monoisotopic (exact) mass is 338 g/mol. The summed E-state index contributed by atoms with van der Waals surface area (Å²) in [7, 11) is 1.83. The quantitative estimate of drug-likeness (QED) is 0.788. The lowest BCUT2D eigenvalue weighted by Crippen LogP contribution is -2.40. The molecule has 1 heterocycles. The van der Waals surface area contributed by atoms with Crippen molar-refractivity contribution in [2.75, 3.05) is 7.05 Å². The van der Waals surface area contributed by atoms with Gasteiger partial charge in [-0.05, 0) is 56.9 Å². The Kier molecular flexibility index (Phi) is 4.46. The summed E-state index contributed by atoms with van der Waals surface area (Å²) in [6.45, 7) is 5.68. The predicted molar refractivity (Wildman–Crippen MR) is 101 cm³/mol. The van der Waals surface area contributed by atoms with Crippen LogP contribution in [0.5, 0.6) is 0 Å². The molecule has 1 saturated carbocycles. The summed E-state index contributed by atoms with van der Waals surface area (Å²) < 4.78 is 7.56. The third kappa shape index (κ3) is 3.95. The zero-order valence-corrected chi connectivity index (χ0v) is 15.4. The molecule has 0 saturated heterocycles. The molecule has 0 unspecified atom stereocenters. The highest BCUT2D eigenvalue weighted by atomic mass is 16.6. The molecule has 0 aliphatic heterocycles. The molecule has 2 aromatic rings. The van der Waals surface area contributed by atoms with E-state index in [0.29, 0.717) is 0 Å². The van der Waals surface area contributed by atoms with Crippen LogP contribution in [0.3, 0.4) is 0 Å². The van der Waals surface area contributed by atoms with Gasteiger partial charge in [-0.25, -0.2) is 4.79 Å². The number of hydrogen-bond acceptors (Lipinski definition) is 2. The van der Waals surface area contributed by atoms with Gasteiger partial charge >= 0.3 is 6.09 Å². The van der Waals surface area contributed by atoms with Crippen LogP contribution in [0.4, 0.5) is 4.79 Å². The Morgan fingerprint density at radius 2 is 1.88 bits per heavy atom. The Labute approximate surface area is 149 Å². The Hall–Kier alpha value is -2.49. The molecule has 0 spiro atoms. The third-order valence-electron chi connectivity index (χ3n) is 4.52. The molecule has 1 aromatic heterocycles. The van der Waals surface area contributed by atoms with Crippen molar-refractivity contribution in [1.29, 1.82) is 0 Å². The van der Waals surface area contributed by atoms with Gasteiger partial charge in [0.05, 0.1) is 5.54 Å². The predicted octanol–water partition coefficient (Wildman–Crippen LogP) is 4.97. The summed E-state index contributed by atoms with van der Waals surface area (Å²) in [5.41, 5.74) is 1.60. The van der Waals surface area contributed by atoms with Crippen molar-refractivity contribution >= 4 is 18.4 Å². The summed E-state index contributed by atoms with van der Waals surface area (Å²) in [6.07, 6.45) is 9.89. The van der Waals surface area contributed by atoms with E-state index in [2.05, 4.69) is 30.5 Å². The molecule has 4 heteroatoms. The Balaban J connectivity index is 1.73. The summed E-state index contributed by atoms with van der Waals surface area (Å²) >= 11 is 0. The second-order valence-corrected chi connectivity index (χ2v) is 7.64. The van der Waals surface area contributed by atoms with Crippen molar-refractivity contribution < 1.29 is 9.53 Å². The van der Waals surface area contributed by atoms with Crippen molar-refractivity contribution in [3.63, 3.8) is 0 Å². The van der Waals surface area contributed by atoms with Gasteiger partial charge in [-0.3, -0.25) is 0 Å². The molecule has 132 valence electrons. The maximum Gasteiger partial charge on any atom is 0.410 e. The van der Waals surface area contributed by atoms with E-state index in [1.807, 2.05) is 63.0 Å². The highest BCUT2D eigenvalue weighted by Gasteiger charge is 2.51. The van der Waals surface area contributed by atoms with E-state index in [0.717, 1.165) is 24.0 Å². The molecule has 25 heavy (non-hydrogen) atoms. The first-order valence-electron chi connectivity index (χ1n) is 8.68. The first-order chi connectivity index (χ1) is 11.8. The van der Waals surface area contributed by atoms with Gasteiger partial charge in [0.25, 0.3) is 0 Å². The fourth-order valence-corrected chi connectivity index (χ4v) is 2.96. The third-order valence-corrected chi connectivity index (χ3v) is 4.52. The molecule has 0 N–H and O–H groups in total. The summed E-state index contributed by atoms with van der Waals surface area (Å²) in [5, 5.41) is 0. The number of carbonyl (C=O) groups excluding carboxylic acids is 1. The number of carbonyl (C=O) groups is 1. The number of nitrogens with zero attached hydrogens (tertiary/aromatic N) is 2. The second kappa shape index (κ2) is 6.43. The molecule has 1 aliphatic rings. The topological polar surface area (TPSA) is 34.5 Å². The van der Waals surface area contributed by atoms with Crippen molar-refractivity contribution in [2.24, 2.45) is 0 Å². The van der Waals surface area contributed by atoms with E-state index in [4.69, 9.17) is 4.74 Å². The second-order valence-electron chi connectivity index (χ2n) is 7.64. The lowest BCUT2D eigenvalue weighted by Gasteiger charge is -2.30. The van der Waals surface area contributed by atoms with E-state index in [9.17, 15) is 4.79 Å². The molecule has 3 rings (SSSR count). The molecular formula is C21H26N2O2. The van der Waals surface area contributed by atoms with Crippen LogP contribution < -0.4 is 0 Å². The van der Waals surface area contributed by atoms with Crippen LogP contribution in [0.25, 0.3) is 12.3 Å². The molecule has 0 radical (unpaired) electrons. The van der Waals surface area contributed by atoms with Gasteiger partial charge in [0.2, 0.25) is 0 Å². The van der Waals surface area contributed by atoms with E-state index >= 15 is 0 Å². The Bertz CT molecular complexity index is 765. The summed E-state index contributed by atoms with van der Waals surface area (Å²) in [6, 6.07) is 12.3. The molecule has 0 bridgehead atoms. The number of benzene rings is 1. The van der Waals surface area contributed by atoms with Crippen LogP contribution in [0.1, 0.15) is 44.7 Å². The zero-order valence-electron chi connectivity index (χ0n) is 15.4. The van der Waals surface area contributed by atoms with Gasteiger partial charge in [0, 0.05) is 25.6 Å². The van der Waals surface area contributed by atoms with Crippen LogP contribution in [0, 0.1) is 0 Å². The number of rotatable bonds is 4. The van der Waals surface area contributed by atoms with Gasteiger partial charge in [0.15, 0.2) is 0 Å². The summed E-state index contributed by atoms with van der Waals surface area (Å²) in [4.78, 5) is 14.2. The smallest absolute Gasteiger partial charge is 0.410 e. The summed E-state index contributed by atoms with van der Waals surface area (Å²) in [5.74, 6) is 0.